The fraction of sp³-hybridized carbons (Fsp3) is 0.500. The Hall–Kier alpha value is -3.57. The zero-order valence-corrected chi connectivity index (χ0v) is 30.6. The lowest BCUT2D eigenvalue weighted by Gasteiger charge is -2.20. The van der Waals surface area contributed by atoms with E-state index in [1.165, 1.54) is 23.6 Å². The lowest BCUT2D eigenvalue weighted by Crippen LogP contribution is -2.35. The Morgan fingerprint density at radius 2 is 1.15 bits per heavy atom. The van der Waals surface area contributed by atoms with Crippen LogP contribution in [0.3, 0.4) is 0 Å². The smallest absolute Gasteiger partial charge is 0.367 e. The van der Waals surface area contributed by atoms with Crippen LogP contribution in [0.2, 0.25) is 0 Å². The summed E-state index contributed by atoms with van der Waals surface area (Å²) in [5.74, 6) is -1.84. The first-order valence-corrected chi connectivity index (χ1v) is 19.9. The van der Waals surface area contributed by atoms with Crippen LogP contribution in [-0.4, -0.2) is 79.5 Å². The molecule has 0 aliphatic heterocycles. The Balaban J connectivity index is 0.000000974. The number of esters is 2. The summed E-state index contributed by atoms with van der Waals surface area (Å²) in [5.41, 5.74) is -3.11. The largest absolute Gasteiger partial charge is 0.743 e. The van der Waals surface area contributed by atoms with Gasteiger partial charge >= 0.3 is 17.2 Å². The van der Waals surface area contributed by atoms with Crippen LogP contribution in [-0.2, 0) is 51.0 Å². The van der Waals surface area contributed by atoms with Crippen LogP contribution in [0.4, 0.5) is 8.78 Å². The van der Waals surface area contributed by atoms with Crippen LogP contribution < -0.4 is 0 Å². The number of halogens is 2. The van der Waals surface area contributed by atoms with E-state index in [0.717, 1.165) is 0 Å². The molecule has 2 atom stereocenters. The molecule has 0 saturated heterocycles. The van der Waals surface area contributed by atoms with Crippen molar-refractivity contribution in [2.24, 2.45) is 10.2 Å². The minimum atomic E-state index is -6.00. The molecule has 2 rings (SSSR count). The number of nitrogens with zero attached hydrogens (tertiary/aromatic N) is 4. The van der Waals surface area contributed by atoms with E-state index in [2.05, 4.69) is 101 Å². The van der Waals surface area contributed by atoms with Gasteiger partial charge in [0, 0.05) is 34.6 Å². The van der Waals surface area contributed by atoms with Crippen molar-refractivity contribution in [2.45, 2.75) is 72.6 Å². The monoisotopic (exact) mass is 729 g/mol. The molecule has 0 radical (unpaired) electrons. The van der Waals surface area contributed by atoms with Crippen LogP contribution in [0.15, 0.2) is 80.7 Å². The van der Waals surface area contributed by atoms with Gasteiger partial charge < -0.3 is 14.0 Å². The Bertz CT molecular complexity index is 1460. The number of azo groups is 1. The third-order valence-corrected chi connectivity index (χ3v) is 9.39. The molecule has 2 aromatic carbocycles. The topological polar surface area (TPSA) is 182 Å². The lowest BCUT2D eigenvalue weighted by atomic mass is 9.97. The van der Waals surface area contributed by atoms with Gasteiger partial charge in [-0.15, -0.1) is 0 Å². The fourth-order valence-corrected chi connectivity index (χ4v) is 4.70. The summed E-state index contributed by atoms with van der Waals surface area (Å²) < 4.78 is 65.8. The minimum Gasteiger partial charge on any atom is -0.743 e. The molecule has 0 spiro atoms. The van der Waals surface area contributed by atoms with Crippen molar-refractivity contribution in [1.29, 1.82) is 10.5 Å². The molecule has 0 aromatic heterocycles. The predicted molar refractivity (Wildman–Crippen MR) is 181 cm³/mol. The van der Waals surface area contributed by atoms with Gasteiger partial charge in [0.05, 0.1) is 18.7 Å². The minimum absolute atomic E-state index is 0.0475. The van der Waals surface area contributed by atoms with Gasteiger partial charge in [-0.25, -0.2) is 8.42 Å². The van der Waals surface area contributed by atoms with Crippen LogP contribution in [0.25, 0.3) is 0 Å². The van der Waals surface area contributed by atoms with Gasteiger partial charge in [-0.1, -0.05) is 36.4 Å². The maximum atomic E-state index is 13.0. The summed E-state index contributed by atoms with van der Waals surface area (Å²) in [6, 6.07) is 24.7. The average molecular weight is 730 g/mol. The maximum absolute atomic E-state index is 13.0. The Kier molecular flexibility index (Phi) is 19.8. The first kappa shape index (κ1) is 44.4. The molecule has 0 amide bonds. The highest BCUT2D eigenvalue weighted by Gasteiger charge is 2.39. The van der Waals surface area contributed by atoms with Crippen molar-refractivity contribution < 1.29 is 40.8 Å². The highest BCUT2D eigenvalue weighted by Crippen LogP contribution is 2.25. The molecule has 0 N–H and O–H groups in total. The zero-order valence-electron chi connectivity index (χ0n) is 28.1. The number of carbonyl (C=O) groups excluding carboxylic acids is 2. The molecule has 11 nitrogen and oxygen atoms in total. The number of hydrogen-bond acceptors (Lipinski definition) is 11. The van der Waals surface area contributed by atoms with Gasteiger partial charge in [-0.3, -0.25) is 9.59 Å². The molecule has 2 aromatic rings. The second kappa shape index (κ2) is 21.4. The van der Waals surface area contributed by atoms with E-state index in [-0.39, 0.29) is 25.9 Å². The lowest BCUT2D eigenvalue weighted by molar-refractivity contribution is -0.150. The maximum Gasteiger partial charge on any atom is 0.367 e. The zero-order chi connectivity index (χ0) is 37.0. The molecule has 48 heavy (non-hydrogen) atoms. The van der Waals surface area contributed by atoms with E-state index < -0.39 is 51.4 Å². The molecule has 0 saturated carbocycles. The molecule has 264 valence electrons. The van der Waals surface area contributed by atoms with Crippen molar-refractivity contribution in [1.82, 2.24) is 0 Å². The summed E-state index contributed by atoms with van der Waals surface area (Å²) in [6.07, 6.45) is 7.78. The van der Waals surface area contributed by atoms with Crippen LogP contribution in [0.1, 0.15) is 46.5 Å². The van der Waals surface area contributed by atoms with Gasteiger partial charge in [0.15, 0.2) is 37.6 Å². The molecule has 0 aliphatic carbocycles. The number of rotatable bonds is 14. The molecule has 0 aliphatic rings. The van der Waals surface area contributed by atoms with Gasteiger partial charge in [0.1, 0.15) is 25.0 Å². The summed E-state index contributed by atoms with van der Waals surface area (Å²) in [4.78, 5) is 25.8. The van der Waals surface area contributed by atoms with E-state index in [9.17, 15) is 41.9 Å². The first-order chi connectivity index (χ1) is 22.2. The van der Waals surface area contributed by atoms with Gasteiger partial charge in [-0.2, -0.15) is 29.5 Å². The number of benzene rings is 2. The Morgan fingerprint density at radius 3 is 1.42 bits per heavy atom. The van der Waals surface area contributed by atoms with Gasteiger partial charge in [-0.05, 0) is 57.9 Å². The summed E-state index contributed by atoms with van der Waals surface area (Å²) in [6.45, 7) is 2.45. The van der Waals surface area contributed by atoms with Crippen molar-refractivity contribution >= 4 is 43.8 Å². The molecule has 16 heteroatoms. The third-order valence-electron chi connectivity index (χ3n) is 6.11. The number of hydrogen-bond donors (Lipinski definition) is 0. The molecule has 2 unspecified atom stereocenters. The van der Waals surface area contributed by atoms with E-state index in [1.54, 1.807) is 13.0 Å². The number of alkyl halides is 2. The van der Waals surface area contributed by atoms with Crippen LogP contribution >= 0.6 is 0 Å². The first-order valence-electron chi connectivity index (χ1n) is 14.4. The Morgan fingerprint density at radius 1 is 0.792 bits per heavy atom. The van der Waals surface area contributed by atoms with E-state index in [4.69, 9.17) is 4.74 Å². The number of ether oxygens (including phenoxy) is 2. The summed E-state index contributed by atoms with van der Waals surface area (Å²) >= 11 is 0. The molecular formula is C32H43F2N4O7S3+. The third kappa shape index (κ3) is 18.1. The van der Waals surface area contributed by atoms with Crippen molar-refractivity contribution in [2.75, 3.05) is 38.2 Å². The van der Waals surface area contributed by atoms with E-state index in [0.29, 0.717) is 21.8 Å². The van der Waals surface area contributed by atoms with Crippen LogP contribution in [0.5, 0.6) is 0 Å². The second-order valence-corrected chi connectivity index (χ2v) is 16.5. The molecular weight excluding hydrogens is 687 g/mol. The number of carbonyl (C=O) groups is 2. The highest BCUT2D eigenvalue weighted by molar-refractivity contribution is 7.95. The van der Waals surface area contributed by atoms with Crippen molar-refractivity contribution in [3.8, 4) is 12.1 Å². The average Bonchev–Trinajstić information content (AvgIpc) is 3.05. The van der Waals surface area contributed by atoms with E-state index in [1.807, 2.05) is 6.07 Å². The second-order valence-electron chi connectivity index (χ2n) is 10.8. The van der Waals surface area contributed by atoms with Gasteiger partial charge in [0.2, 0.25) is 0 Å². The molecule has 0 heterocycles. The number of nitriles is 2. The highest BCUT2D eigenvalue weighted by atomic mass is 32.2. The molecule has 0 fully saturated rings. The van der Waals surface area contributed by atoms with Gasteiger partial charge in [0.25, 0.3) is 0 Å². The standard InChI is InChI=1S/C16H22F2N4O7S.2C8H11S/c1-4-28-12(23)5-7-14(2,9-19)21-22-15(3,10-20)8-6-13(24)29-11-16(17,18)30(25,26)27;2*1-9(2)8-6-4-3-5-7-8/h4-8,11H2,1-3H3,(H,25,26,27);2*3-7H,1-2H3/q;2*+1/p-1. The molecule has 0 bridgehead atoms. The summed E-state index contributed by atoms with van der Waals surface area (Å²) in [7, 11) is -5.16. The van der Waals surface area contributed by atoms with Crippen molar-refractivity contribution in [3.63, 3.8) is 0 Å². The SMILES string of the molecule is CCOC(=O)CCC(C)(C#N)N=NC(C)(C#N)CCC(=O)OCC(F)(F)S(=O)(=O)[O-].C[S+](C)c1ccccc1.C[S+](C)c1ccccc1. The Labute approximate surface area is 288 Å². The summed E-state index contributed by atoms with van der Waals surface area (Å²) in [5, 5.41) is 21.3. The fourth-order valence-electron chi connectivity index (χ4n) is 3.10. The van der Waals surface area contributed by atoms with Crippen molar-refractivity contribution in [3.05, 3.63) is 60.7 Å². The quantitative estimate of drug-likeness (QED) is 0.103. The van der Waals surface area contributed by atoms with E-state index >= 15 is 0 Å². The van der Waals surface area contributed by atoms with Crippen LogP contribution in [0, 0.1) is 22.7 Å². The normalized spacial score (nSPS) is 13.8. The predicted octanol–water partition coefficient (Wildman–Crippen LogP) is 5.65.